The van der Waals surface area contributed by atoms with Crippen molar-refractivity contribution in [1.29, 1.82) is 0 Å². The molecule has 0 spiro atoms. The average Bonchev–Trinajstić information content (AvgIpc) is 3.05. The molecule has 0 amide bonds. The van der Waals surface area contributed by atoms with Gasteiger partial charge in [0.05, 0.1) is 0 Å². The SMILES string of the molecule is CC(=O)OC(C)c1ccc(N(c2ccc(C=C(c3ccccc3)c3ccccc3)cc2)c2ccc(C(C)OC(C)=O)cc2)cc1. The summed E-state index contributed by atoms with van der Waals surface area (Å²) in [5, 5.41) is 0. The lowest BCUT2D eigenvalue weighted by molar-refractivity contribution is -0.146. The number of ether oxygens (including phenoxy) is 2. The van der Waals surface area contributed by atoms with Gasteiger partial charge in [0.2, 0.25) is 0 Å². The number of hydrogen-bond donors (Lipinski definition) is 0. The van der Waals surface area contributed by atoms with Gasteiger partial charge < -0.3 is 14.4 Å². The first kappa shape index (κ1) is 31.0. The molecule has 2 atom stereocenters. The Labute approximate surface area is 265 Å². The van der Waals surface area contributed by atoms with Gasteiger partial charge in [-0.3, -0.25) is 9.59 Å². The van der Waals surface area contributed by atoms with Crippen molar-refractivity contribution in [3.63, 3.8) is 0 Å². The van der Waals surface area contributed by atoms with E-state index in [2.05, 4.69) is 83.8 Å². The van der Waals surface area contributed by atoms with E-state index in [1.807, 2.05) is 74.5 Å². The van der Waals surface area contributed by atoms with Gasteiger partial charge in [0.25, 0.3) is 0 Å². The number of carbonyl (C=O) groups is 2. The first-order chi connectivity index (χ1) is 21.8. The highest BCUT2D eigenvalue weighted by Crippen LogP contribution is 2.37. The number of nitrogens with zero attached hydrogens (tertiary/aromatic N) is 1. The van der Waals surface area contributed by atoms with E-state index in [1.54, 1.807) is 0 Å². The lowest BCUT2D eigenvalue weighted by atomic mass is 9.95. The predicted molar refractivity (Wildman–Crippen MR) is 181 cm³/mol. The second-order valence-electron chi connectivity index (χ2n) is 10.9. The minimum atomic E-state index is -0.346. The van der Waals surface area contributed by atoms with Crippen molar-refractivity contribution < 1.29 is 19.1 Å². The van der Waals surface area contributed by atoms with Crippen molar-refractivity contribution in [2.75, 3.05) is 4.90 Å². The van der Waals surface area contributed by atoms with Crippen LogP contribution in [0.25, 0.3) is 11.6 Å². The zero-order valence-corrected chi connectivity index (χ0v) is 26.0. The molecule has 0 saturated heterocycles. The molecule has 5 aromatic carbocycles. The van der Waals surface area contributed by atoms with Gasteiger partial charge in [-0.15, -0.1) is 0 Å². The number of benzene rings is 5. The van der Waals surface area contributed by atoms with Crippen molar-refractivity contribution in [2.24, 2.45) is 0 Å². The molecule has 5 rings (SSSR count). The Morgan fingerprint density at radius 1 is 0.533 bits per heavy atom. The molecule has 2 unspecified atom stereocenters. The molecule has 0 bridgehead atoms. The summed E-state index contributed by atoms with van der Waals surface area (Å²) in [5.41, 5.74) is 9.24. The van der Waals surface area contributed by atoms with E-state index in [0.717, 1.165) is 50.5 Å². The Morgan fingerprint density at radius 2 is 0.889 bits per heavy atom. The van der Waals surface area contributed by atoms with Gasteiger partial charge in [-0.2, -0.15) is 0 Å². The normalized spacial score (nSPS) is 12.0. The quantitative estimate of drug-likeness (QED) is 0.119. The number of anilines is 3. The molecule has 5 heteroatoms. The molecule has 0 aromatic heterocycles. The maximum absolute atomic E-state index is 11.5. The summed E-state index contributed by atoms with van der Waals surface area (Å²) in [6, 6.07) is 45.4. The van der Waals surface area contributed by atoms with Crippen LogP contribution in [0.2, 0.25) is 0 Å². The van der Waals surface area contributed by atoms with E-state index >= 15 is 0 Å². The summed E-state index contributed by atoms with van der Waals surface area (Å²) in [4.78, 5) is 25.2. The topological polar surface area (TPSA) is 55.8 Å². The van der Waals surface area contributed by atoms with Crippen LogP contribution in [-0.2, 0) is 19.1 Å². The Kier molecular flexibility index (Phi) is 9.90. The molecule has 5 nitrogen and oxygen atoms in total. The fourth-order valence-corrected chi connectivity index (χ4v) is 5.33. The number of rotatable bonds is 10. The molecular formula is C40H37NO4. The summed E-state index contributed by atoms with van der Waals surface area (Å²) >= 11 is 0. The molecule has 0 radical (unpaired) electrons. The largest absolute Gasteiger partial charge is 0.458 e. The molecule has 0 aliphatic carbocycles. The Bertz CT molecular complexity index is 1640. The third-order valence-electron chi connectivity index (χ3n) is 7.56. The molecule has 45 heavy (non-hydrogen) atoms. The van der Waals surface area contributed by atoms with Gasteiger partial charge >= 0.3 is 11.9 Å². The standard InChI is InChI=1S/C40H37NO4/c1-28(44-30(3)42)33-17-23-38(24-18-33)41(39-25-19-34(20-26-39)29(2)45-31(4)43)37-21-15-32(16-22-37)27-40(35-11-7-5-8-12-35)36-13-9-6-10-14-36/h5-29H,1-4H3. The average molecular weight is 596 g/mol. The maximum Gasteiger partial charge on any atom is 0.303 e. The smallest absolute Gasteiger partial charge is 0.303 e. The third kappa shape index (κ3) is 7.95. The van der Waals surface area contributed by atoms with Crippen LogP contribution in [0.3, 0.4) is 0 Å². The molecule has 5 aromatic rings. The molecule has 0 aliphatic rings. The van der Waals surface area contributed by atoms with Crippen molar-refractivity contribution in [1.82, 2.24) is 0 Å². The van der Waals surface area contributed by atoms with Crippen molar-refractivity contribution in [2.45, 2.75) is 39.9 Å². The second kappa shape index (κ2) is 14.4. The van der Waals surface area contributed by atoms with E-state index in [4.69, 9.17) is 9.47 Å². The van der Waals surface area contributed by atoms with Crippen LogP contribution in [-0.4, -0.2) is 11.9 Å². The van der Waals surface area contributed by atoms with Crippen LogP contribution >= 0.6 is 0 Å². The minimum absolute atomic E-state index is 0.312. The van der Waals surface area contributed by atoms with Gasteiger partial charge in [-0.25, -0.2) is 0 Å². The van der Waals surface area contributed by atoms with E-state index in [1.165, 1.54) is 13.8 Å². The van der Waals surface area contributed by atoms with E-state index in [9.17, 15) is 9.59 Å². The maximum atomic E-state index is 11.5. The summed E-state index contributed by atoms with van der Waals surface area (Å²) < 4.78 is 10.8. The molecule has 0 fully saturated rings. The van der Waals surface area contributed by atoms with Crippen molar-refractivity contribution in [3.8, 4) is 0 Å². The lowest BCUT2D eigenvalue weighted by Crippen LogP contribution is -2.11. The molecule has 0 N–H and O–H groups in total. The summed E-state index contributed by atoms with van der Waals surface area (Å²) in [6.07, 6.45) is 1.53. The number of hydrogen-bond acceptors (Lipinski definition) is 5. The first-order valence-corrected chi connectivity index (χ1v) is 15.1. The summed E-state index contributed by atoms with van der Waals surface area (Å²) in [5.74, 6) is -0.624. The van der Waals surface area contributed by atoms with Gasteiger partial charge in [-0.05, 0) is 89.7 Å². The number of esters is 2. The molecule has 0 saturated carbocycles. The summed E-state index contributed by atoms with van der Waals surface area (Å²) in [7, 11) is 0. The molecule has 0 aliphatic heterocycles. The van der Waals surface area contributed by atoms with Crippen LogP contribution in [0.15, 0.2) is 133 Å². The van der Waals surface area contributed by atoms with Gasteiger partial charge in [-0.1, -0.05) is 97.1 Å². The van der Waals surface area contributed by atoms with Gasteiger partial charge in [0.1, 0.15) is 12.2 Å². The monoisotopic (exact) mass is 595 g/mol. The predicted octanol–water partition coefficient (Wildman–Crippen LogP) is 9.99. The van der Waals surface area contributed by atoms with Crippen molar-refractivity contribution in [3.05, 3.63) is 161 Å². The molecular weight excluding hydrogens is 558 g/mol. The Hall–Kier alpha value is -5.42. The van der Waals surface area contributed by atoms with Gasteiger partial charge in [0, 0.05) is 30.9 Å². The highest BCUT2D eigenvalue weighted by Gasteiger charge is 2.16. The lowest BCUT2D eigenvalue weighted by Gasteiger charge is -2.26. The fourth-order valence-electron chi connectivity index (χ4n) is 5.33. The Balaban J connectivity index is 1.52. The zero-order valence-electron chi connectivity index (χ0n) is 26.0. The first-order valence-electron chi connectivity index (χ1n) is 15.1. The van der Waals surface area contributed by atoms with E-state index in [-0.39, 0.29) is 24.1 Å². The highest BCUT2D eigenvalue weighted by molar-refractivity contribution is 5.91. The summed E-state index contributed by atoms with van der Waals surface area (Å²) in [6.45, 7) is 6.56. The molecule has 0 heterocycles. The van der Waals surface area contributed by atoms with Crippen LogP contribution in [0.1, 0.15) is 67.7 Å². The third-order valence-corrected chi connectivity index (χ3v) is 7.56. The Morgan fingerprint density at radius 3 is 1.24 bits per heavy atom. The zero-order chi connectivity index (χ0) is 31.8. The van der Waals surface area contributed by atoms with Crippen LogP contribution in [0, 0.1) is 0 Å². The highest BCUT2D eigenvalue weighted by atomic mass is 16.5. The van der Waals surface area contributed by atoms with Crippen LogP contribution in [0.5, 0.6) is 0 Å². The van der Waals surface area contributed by atoms with Crippen LogP contribution < -0.4 is 4.90 Å². The second-order valence-corrected chi connectivity index (χ2v) is 10.9. The minimum Gasteiger partial charge on any atom is -0.458 e. The van der Waals surface area contributed by atoms with Gasteiger partial charge in [0.15, 0.2) is 0 Å². The van der Waals surface area contributed by atoms with E-state index in [0.29, 0.717) is 0 Å². The number of carbonyl (C=O) groups excluding carboxylic acids is 2. The fraction of sp³-hybridized carbons (Fsp3) is 0.150. The molecule has 226 valence electrons. The van der Waals surface area contributed by atoms with E-state index < -0.39 is 0 Å². The van der Waals surface area contributed by atoms with Crippen molar-refractivity contribution >= 4 is 40.6 Å². The van der Waals surface area contributed by atoms with Crippen LogP contribution in [0.4, 0.5) is 17.1 Å².